The van der Waals surface area contributed by atoms with E-state index in [9.17, 15) is 8.42 Å². The summed E-state index contributed by atoms with van der Waals surface area (Å²) in [5.41, 5.74) is 2.58. The number of rotatable bonds is 8. The summed E-state index contributed by atoms with van der Waals surface area (Å²) in [5, 5.41) is 6.81. The molecule has 4 rings (SSSR count). The van der Waals surface area contributed by atoms with Crippen molar-refractivity contribution in [2.24, 2.45) is 4.99 Å². The molecule has 0 aromatic heterocycles. The van der Waals surface area contributed by atoms with E-state index in [2.05, 4.69) is 47.9 Å². The van der Waals surface area contributed by atoms with Gasteiger partial charge in [0.25, 0.3) is 0 Å². The molecule has 2 aromatic carbocycles. The third-order valence-electron chi connectivity index (χ3n) is 6.22. The average molecular weight is 441 g/mol. The lowest BCUT2D eigenvalue weighted by Crippen LogP contribution is -2.41. The van der Waals surface area contributed by atoms with Crippen LogP contribution in [0.1, 0.15) is 43.7 Å². The normalized spacial score (nSPS) is 18.7. The predicted molar refractivity (Wildman–Crippen MR) is 125 cm³/mol. The topological polar surface area (TPSA) is 73.8 Å². The van der Waals surface area contributed by atoms with Crippen LogP contribution in [0.15, 0.2) is 64.5 Å². The maximum absolute atomic E-state index is 12.7. The lowest BCUT2D eigenvalue weighted by atomic mass is 9.96. The molecule has 1 saturated heterocycles. The van der Waals surface area contributed by atoms with Crippen molar-refractivity contribution < 1.29 is 8.42 Å². The Bertz CT molecular complexity index is 994. The molecule has 0 atom stereocenters. The second kappa shape index (κ2) is 9.40. The van der Waals surface area contributed by atoms with Crippen LogP contribution in [0, 0.1) is 0 Å². The van der Waals surface area contributed by atoms with Gasteiger partial charge >= 0.3 is 0 Å². The van der Waals surface area contributed by atoms with Gasteiger partial charge in [0, 0.05) is 31.6 Å². The van der Waals surface area contributed by atoms with Crippen LogP contribution in [0.25, 0.3) is 0 Å². The maximum atomic E-state index is 12.7. The van der Waals surface area contributed by atoms with E-state index >= 15 is 0 Å². The summed E-state index contributed by atoms with van der Waals surface area (Å²) in [6.07, 6.45) is 4.27. The molecule has 2 aliphatic rings. The Labute approximate surface area is 185 Å². The SMILES string of the molecule is CCNC(=NCc1ccc(S(=O)(=O)N2CCCC2)cc1)NCC1(c2ccccc2)CC1. The minimum absolute atomic E-state index is 0.211. The average Bonchev–Trinajstić information content (AvgIpc) is 3.37. The third kappa shape index (κ3) is 5.10. The Morgan fingerprint density at radius 3 is 2.29 bits per heavy atom. The van der Waals surface area contributed by atoms with E-state index in [4.69, 9.17) is 4.99 Å². The molecule has 0 spiro atoms. The van der Waals surface area contributed by atoms with Crippen molar-refractivity contribution in [2.75, 3.05) is 26.2 Å². The third-order valence-corrected chi connectivity index (χ3v) is 8.14. The van der Waals surface area contributed by atoms with Crippen molar-refractivity contribution in [1.29, 1.82) is 0 Å². The highest BCUT2D eigenvalue weighted by Gasteiger charge is 2.44. The molecule has 1 heterocycles. The second-order valence-corrected chi connectivity index (χ2v) is 10.4. The summed E-state index contributed by atoms with van der Waals surface area (Å²) in [6, 6.07) is 17.8. The van der Waals surface area contributed by atoms with E-state index in [1.54, 1.807) is 16.4 Å². The molecule has 7 heteroatoms. The fraction of sp³-hybridized carbons (Fsp3) is 0.458. The summed E-state index contributed by atoms with van der Waals surface area (Å²) >= 11 is 0. The Hall–Kier alpha value is -2.38. The smallest absolute Gasteiger partial charge is 0.243 e. The highest BCUT2D eigenvalue weighted by molar-refractivity contribution is 7.89. The summed E-state index contributed by atoms with van der Waals surface area (Å²) in [5.74, 6) is 0.790. The summed E-state index contributed by atoms with van der Waals surface area (Å²) in [7, 11) is -3.37. The predicted octanol–water partition coefficient (Wildman–Crippen LogP) is 3.26. The zero-order chi connectivity index (χ0) is 21.7. The van der Waals surface area contributed by atoms with E-state index in [0.717, 1.165) is 37.5 Å². The van der Waals surface area contributed by atoms with Crippen LogP contribution in [-0.4, -0.2) is 44.9 Å². The number of nitrogens with one attached hydrogen (secondary N) is 2. The number of hydrogen-bond donors (Lipinski definition) is 2. The molecular weight excluding hydrogens is 408 g/mol. The number of benzene rings is 2. The Kier molecular flexibility index (Phi) is 6.62. The zero-order valence-electron chi connectivity index (χ0n) is 18.2. The van der Waals surface area contributed by atoms with Crippen molar-refractivity contribution in [2.45, 2.75) is 49.5 Å². The number of guanidine groups is 1. The van der Waals surface area contributed by atoms with Gasteiger partial charge in [-0.3, -0.25) is 0 Å². The van der Waals surface area contributed by atoms with Crippen LogP contribution in [0.4, 0.5) is 0 Å². The van der Waals surface area contributed by atoms with Gasteiger partial charge in [-0.2, -0.15) is 4.31 Å². The molecule has 0 amide bonds. The molecule has 2 aromatic rings. The maximum Gasteiger partial charge on any atom is 0.243 e. The molecule has 0 bridgehead atoms. The molecule has 1 saturated carbocycles. The minimum Gasteiger partial charge on any atom is -0.357 e. The molecule has 0 unspecified atom stereocenters. The minimum atomic E-state index is -3.37. The highest BCUT2D eigenvalue weighted by atomic mass is 32.2. The quantitative estimate of drug-likeness (QED) is 0.488. The molecule has 1 aliphatic carbocycles. The lowest BCUT2D eigenvalue weighted by molar-refractivity contribution is 0.477. The van der Waals surface area contributed by atoms with E-state index in [1.807, 2.05) is 12.1 Å². The Morgan fingerprint density at radius 1 is 1.00 bits per heavy atom. The van der Waals surface area contributed by atoms with Crippen molar-refractivity contribution in [3.8, 4) is 0 Å². The summed E-state index contributed by atoms with van der Waals surface area (Å²) in [4.78, 5) is 5.08. The van der Waals surface area contributed by atoms with Crippen LogP contribution >= 0.6 is 0 Å². The van der Waals surface area contributed by atoms with Gasteiger partial charge in [0.15, 0.2) is 5.96 Å². The monoisotopic (exact) mass is 440 g/mol. The van der Waals surface area contributed by atoms with E-state index in [1.165, 1.54) is 18.4 Å². The van der Waals surface area contributed by atoms with E-state index < -0.39 is 10.0 Å². The van der Waals surface area contributed by atoms with E-state index in [0.29, 0.717) is 24.5 Å². The van der Waals surface area contributed by atoms with Gasteiger partial charge in [-0.1, -0.05) is 42.5 Å². The van der Waals surface area contributed by atoms with Crippen molar-refractivity contribution in [3.05, 3.63) is 65.7 Å². The number of sulfonamides is 1. The standard InChI is InChI=1S/C24H32N4O2S/c1-2-25-23(27-19-24(14-15-24)21-8-4-3-5-9-21)26-18-20-10-12-22(13-11-20)31(29,30)28-16-6-7-17-28/h3-5,8-13H,2,6-7,14-19H2,1H3,(H2,25,26,27). The number of hydrogen-bond acceptors (Lipinski definition) is 3. The highest BCUT2D eigenvalue weighted by Crippen LogP contribution is 2.47. The Balaban J connectivity index is 1.38. The first-order valence-corrected chi connectivity index (χ1v) is 12.6. The van der Waals surface area contributed by atoms with Gasteiger partial charge in [-0.15, -0.1) is 0 Å². The first-order chi connectivity index (χ1) is 15.0. The van der Waals surface area contributed by atoms with Crippen LogP contribution in [0.2, 0.25) is 0 Å². The lowest BCUT2D eigenvalue weighted by Gasteiger charge is -2.19. The van der Waals surface area contributed by atoms with Gasteiger partial charge in [-0.05, 0) is 55.9 Å². The van der Waals surface area contributed by atoms with Crippen molar-refractivity contribution >= 4 is 16.0 Å². The van der Waals surface area contributed by atoms with Crippen molar-refractivity contribution in [3.63, 3.8) is 0 Å². The van der Waals surface area contributed by atoms with E-state index in [-0.39, 0.29) is 5.41 Å². The van der Waals surface area contributed by atoms with Gasteiger partial charge < -0.3 is 10.6 Å². The molecule has 0 radical (unpaired) electrons. The Morgan fingerprint density at radius 2 is 1.68 bits per heavy atom. The van der Waals surface area contributed by atoms with Crippen LogP contribution < -0.4 is 10.6 Å². The van der Waals surface area contributed by atoms with Crippen molar-refractivity contribution in [1.82, 2.24) is 14.9 Å². The zero-order valence-corrected chi connectivity index (χ0v) is 19.0. The molecule has 1 aliphatic heterocycles. The first kappa shape index (κ1) is 21.8. The second-order valence-electron chi connectivity index (χ2n) is 8.45. The summed E-state index contributed by atoms with van der Waals surface area (Å²) in [6.45, 7) is 5.44. The molecular formula is C24H32N4O2S. The van der Waals surface area contributed by atoms with Crippen LogP contribution in [-0.2, 0) is 22.0 Å². The first-order valence-electron chi connectivity index (χ1n) is 11.2. The molecule has 31 heavy (non-hydrogen) atoms. The van der Waals surface area contributed by atoms with Gasteiger partial charge in [0.05, 0.1) is 11.4 Å². The van der Waals surface area contributed by atoms with Gasteiger partial charge in [0.2, 0.25) is 10.0 Å². The largest absolute Gasteiger partial charge is 0.357 e. The van der Waals surface area contributed by atoms with Crippen LogP contribution in [0.5, 0.6) is 0 Å². The van der Waals surface area contributed by atoms with Gasteiger partial charge in [0.1, 0.15) is 0 Å². The molecule has 6 nitrogen and oxygen atoms in total. The fourth-order valence-corrected chi connectivity index (χ4v) is 5.64. The fourth-order valence-electron chi connectivity index (χ4n) is 4.12. The number of nitrogens with zero attached hydrogens (tertiary/aromatic N) is 2. The van der Waals surface area contributed by atoms with Gasteiger partial charge in [-0.25, -0.2) is 13.4 Å². The summed E-state index contributed by atoms with van der Waals surface area (Å²) < 4.78 is 26.9. The molecule has 166 valence electrons. The van der Waals surface area contributed by atoms with Crippen LogP contribution in [0.3, 0.4) is 0 Å². The molecule has 2 N–H and O–H groups in total. The molecule has 2 fully saturated rings. The number of aliphatic imine (C=N–C) groups is 1.